The van der Waals surface area contributed by atoms with E-state index in [0.29, 0.717) is 37.2 Å². The molecule has 0 radical (unpaired) electrons. The summed E-state index contributed by atoms with van der Waals surface area (Å²) in [4.78, 5) is 43.4. The topological polar surface area (TPSA) is 127 Å². The number of hydrogen-bond donors (Lipinski definition) is 2. The van der Waals surface area contributed by atoms with Gasteiger partial charge in [-0.15, -0.1) is 0 Å². The number of carbonyl (C=O) groups is 4. The van der Waals surface area contributed by atoms with Crippen molar-refractivity contribution in [3.8, 4) is 0 Å². The van der Waals surface area contributed by atoms with Crippen LogP contribution in [0.1, 0.15) is 97.8 Å². The molecule has 8 heteroatoms. The molecule has 178 valence electrons. The third-order valence-electron chi connectivity index (χ3n) is 4.89. The fourth-order valence-electron chi connectivity index (χ4n) is 3.06. The summed E-state index contributed by atoms with van der Waals surface area (Å²) in [6.45, 7) is 0.719. The molecule has 8 nitrogen and oxygen atoms in total. The molecule has 3 rings (SSSR count). The number of esters is 2. The number of unbranched alkanes of at least 4 members (excludes halogenated alkanes) is 7. The van der Waals surface area contributed by atoms with Gasteiger partial charge in [-0.25, -0.2) is 9.59 Å². The summed E-state index contributed by atoms with van der Waals surface area (Å²) in [6.07, 6.45) is 9.92. The first-order chi connectivity index (χ1) is 15.4. The SMILES string of the molecule is O=C(O)CCCCCCCCCCC(=O)O.O=C1OCCCCOC(=O)c2ccc1cc2. The number of aliphatic carboxylic acids is 2. The molecule has 0 aliphatic carbocycles. The minimum Gasteiger partial charge on any atom is -0.481 e. The smallest absolute Gasteiger partial charge is 0.338 e. The van der Waals surface area contributed by atoms with Gasteiger partial charge in [0, 0.05) is 12.8 Å². The molecule has 0 fully saturated rings. The predicted molar refractivity (Wildman–Crippen MR) is 118 cm³/mol. The quantitative estimate of drug-likeness (QED) is 0.362. The van der Waals surface area contributed by atoms with Crippen LogP contribution >= 0.6 is 0 Å². The van der Waals surface area contributed by atoms with Crippen LogP contribution in [-0.4, -0.2) is 47.3 Å². The third kappa shape index (κ3) is 13.4. The Balaban J connectivity index is 0.000000320. The fraction of sp³-hybridized carbons (Fsp3) is 0.583. The van der Waals surface area contributed by atoms with Gasteiger partial charge < -0.3 is 19.7 Å². The van der Waals surface area contributed by atoms with E-state index < -0.39 is 11.9 Å². The first-order valence-electron chi connectivity index (χ1n) is 11.3. The van der Waals surface area contributed by atoms with Gasteiger partial charge in [0.2, 0.25) is 0 Å². The number of ether oxygens (including phenoxy) is 2. The lowest BCUT2D eigenvalue weighted by Gasteiger charge is -2.09. The van der Waals surface area contributed by atoms with Gasteiger partial charge in [0.05, 0.1) is 24.3 Å². The molecule has 2 aliphatic heterocycles. The van der Waals surface area contributed by atoms with Crippen molar-refractivity contribution in [2.75, 3.05) is 13.2 Å². The van der Waals surface area contributed by atoms with E-state index in [1.807, 2.05) is 0 Å². The Kier molecular flexibility index (Phi) is 14.2. The molecule has 0 saturated heterocycles. The average molecular weight is 451 g/mol. The van der Waals surface area contributed by atoms with E-state index in [9.17, 15) is 19.2 Å². The number of carboxylic acids is 2. The number of hydrogen-bond acceptors (Lipinski definition) is 6. The van der Waals surface area contributed by atoms with E-state index in [-0.39, 0.29) is 24.8 Å². The Labute approximate surface area is 188 Å². The minimum absolute atomic E-state index is 0.276. The second-order valence-electron chi connectivity index (χ2n) is 7.67. The lowest BCUT2D eigenvalue weighted by Crippen LogP contribution is -2.12. The number of rotatable bonds is 11. The van der Waals surface area contributed by atoms with E-state index in [2.05, 4.69) is 0 Å². The monoisotopic (exact) mass is 450 g/mol. The molecule has 0 unspecified atom stereocenters. The zero-order valence-corrected chi connectivity index (χ0v) is 18.6. The van der Waals surface area contributed by atoms with Crippen LogP contribution in [0.25, 0.3) is 0 Å². The fourth-order valence-corrected chi connectivity index (χ4v) is 3.06. The maximum atomic E-state index is 11.5. The van der Waals surface area contributed by atoms with Gasteiger partial charge in [0.25, 0.3) is 0 Å². The highest BCUT2D eigenvalue weighted by Crippen LogP contribution is 2.11. The van der Waals surface area contributed by atoms with E-state index in [1.54, 1.807) is 24.3 Å². The van der Waals surface area contributed by atoms with Gasteiger partial charge in [-0.05, 0) is 49.9 Å². The maximum Gasteiger partial charge on any atom is 0.338 e. The van der Waals surface area contributed by atoms with Crippen molar-refractivity contribution in [3.05, 3.63) is 35.4 Å². The molecule has 2 N–H and O–H groups in total. The predicted octanol–water partition coefficient (Wildman–Crippen LogP) is 4.85. The summed E-state index contributed by atoms with van der Waals surface area (Å²) in [5.41, 5.74) is 0.911. The molecule has 1 aromatic rings. The molecule has 0 saturated carbocycles. The minimum atomic E-state index is -0.714. The van der Waals surface area contributed by atoms with E-state index >= 15 is 0 Å². The molecule has 2 aliphatic rings. The van der Waals surface area contributed by atoms with E-state index in [1.165, 1.54) is 0 Å². The molecule has 2 heterocycles. The Morgan fingerprint density at radius 1 is 0.625 bits per heavy atom. The third-order valence-corrected chi connectivity index (χ3v) is 4.89. The van der Waals surface area contributed by atoms with Crippen molar-refractivity contribution >= 4 is 23.9 Å². The molecule has 0 aromatic heterocycles. The van der Waals surface area contributed by atoms with Crippen LogP contribution < -0.4 is 0 Å². The first-order valence-corrected chi connectivity index (χ1v) is 11.3. The second-order valence-corrected chi connectivity index (χ2v) is 7.67. The lowest BCUT2D eigenvalue weighted by atomic mass is 10.1. The maximum absolute atomic E-state index is 11.5. The van der Waals surface area contributed by atoms with Crippen molar-refractivity contribution in [2.45, 2.75) is 77.0 Å². The average Bonchev–Trinajstić information content (AvgIpc) is 2.76. The number of carbonyl (C=O) groups excluding carboxylic acids is 2. The van der Waals surface area contributed by atoms with Gasteiger partial charge >= 0.3 is 23.9 Å². The Morgan fingerprint density at radius 2 is 0.938 bits per heavy atom. The normalized spacial score (nSPS) is 13.6. The van der Waals surface area contributed by atoms with Gasteiger partial charge in [0.1, 0.15) is 0 Å². The first kappa shape index (κ1) is 27.1. The Hall–Kier alpha value is -2.90. The van der Waals surface area contributed by atoms with Crippen LogP contribution in [0.2, 0.25) is 0 Å². The molecular formula is C24H34O8. The Bertz CT molecular complexity index is 650. The highest BCUT2D eigenvalue weighted by atomic mass is 16.5. The molecular weight excluding hydrogens is 416 g/mol. The summed E-state index contributed by atoms with van der Waals surface area (Å²) in [6, 6.07) is 6.28. The van der Waals surface area contributed by atoms with Crippen molar-refractivity contribution in [2.24, 2.45) is 0 Å². The summed E-state index contributed by atoms with van der Waals surface area (Å²) in [5.74, 6) is -2.12. The summed E-state index contributed by atoms with van der Waals surface area (Å²) < 4.78 is 10.1. The van der Waals surface area contributed by atoms with Crippen molar-refractivity contribution in [1.82, 2.24) is 0 Å². The van der Waals surface area contributed by atoms with E-state index in [4.69, 9.17) is 19.7 Å². The highest BCUT2D eigenvalue weighted by Gasteiger charge is 2.12. The van der Waals surface area contributed by atoms with Gasteiger partial charge in [0.15, 0.2) is 0 Å². The zero-order valence-electron chi connectivity index (χ0n) is 18.6. The Morgan fingerprint density at radius 3 is 1.25 bits per heavy atom. The molecule has 0 spiro atoms. The molecule has 32 heavy (non-hydrogen) atoms. The number of benzene rings is 1. The van der Waals surface area contributed by atoms with E-state index in [0.717, 1.165) is 51.4 Å². The van der Waals surface area contributed by atoms with Crippen LogP contribution in [0, 0.1) is 0 Å². The van der Waals surface area contributed by atoms with Crippen LogP contribution in [0.3, 0.4) is 0 Å². The second kappa shape index (κ2) is 16.8. The molecule has 0 atom stereocenters. The summed E-state index contributed by atoms with van der Waals surface area (Å²) in [7, 11) is 0. The van der Waals surface area contributed by atoms with Gasteiger partial charge in [-0.2, -0.15) is 0 Å². The van der Waals surface area contributed by atoms with Crippen molar-refractivity contribution in [1.29, 1.82) is 0 Å². The molecule has 1 aromatic carbocycles. The van der Waals surface area contributed by atoms with Gasteiger partial charge in [-0.1, -0.05) is 38.5 Å². The number of carboxylic acid groups (broad SMARTS) is 2. The summed E-state index contributed by atoms with van der Waals surface area (Å²) in [5, 5.41) is 16.8. The lowest BCUT2D eigenvalue weighted by molar-refractivity contribution is -0.138. The van der Waals surface area contributed by atoms with Crippen molar-refractivity contribution in [3.63, 3.8) is 0 Å². The van der Waals surface area contributed by atoms with Crippen LogP contribution in [-0.2, 0) is 19.1 Å². The zero-order chi connectivity index (χ0) is 23.6. The number of fused-ring (bicyclic) bond motifs is 9. The molecule has 2 bridgehead atoms. The standard InChI is InChI=1S/C12H12O4.C12H22O4/c13-11-9-3-5-10(6-4-9)12(14)16-8-2-1-7-15-11;13-11(14)9-7-5-3-1-2-4-6-8-10-12(15)16/h3-6H,1-2,7-8H2;1-10H2,(H,13,14)(H,15,16). The largest absolute Gasteiger partial charge is 0.481 e. The van der Waals surface area contributed by atoms with Crippen LogP contribution in [0.4, 0.5) is 0 Å². The van der Waals surface area contributed by atoms with Crippen LogP contribution in [0.15, 0.2) is 24.3 Å². The van der Waals surface area contributed by atoms with Crippen LogP contribution in [0.5, 0.6) is 0 Å². The highest BCUT2D eigenvalue weighted by molar-refractivity contribution is 5.93. The van der Waals surface area contributed by atoms with Crippen molar-refractivity contribution < 1.29 is 38.9 Å². The molecule has 0 amide bonds. The summed E-state index contributed by atoms with van der Waals surface area (Å²) >= 11 is 0. The van der Waals surface area contributed by atoms with Gasteiger partial charge in [-0.3, -0.25) is 9.59 Å².